The number of hydrogen-bond donors (Lipinski definition) is 1. The zero-order chi connectivity index (χ0) is 11.4. The molecule has 0 amide bonds. The second kappa shape index (κ2) is 5.94. The number of thiocarbonyl (C=S) groups is 1. The molecule has 4 heteroatoms. The number of hydrogen-bond acceptors (Lipinski definition) is 3. The van der Waals surface area contributed by atoms with E-state index in [1.54, 1.807) is 0 Å². The standard InChI is InChI=1S/C12H22N2OS/c13-12(16)11-6-2-8-14(11)7-1-4-10-5-3-9-15-10/h10-11H,1-9H2,(H2,13,16). The van der Waals surface area contributed by atoms with Crippen molar-refractivity contribution in [1.82, 2.24) is 4.90 Å². The highest BCUT2D eigenvalue weighted by Crippen LogP contribution is 2.20. The second-order valence-corrected chi connectivity index (χ2v) is 5.35. The number of likely N-dealkylation sites (tertiary alicyclic amines) is 1. The van der Waals surface area contributed by atoms with Crippen LogP contribution < -0.4 is 5.73 Å². The zero-order valence-corrected chi connectivity index (χ0v) is 10.7. The molecule has 0 spiro atoms. The third kappa shape index (κ3) is 3.15. The summed E-state index contributed by atoms with van der Waals surface area (Å²) in [7, 11) is 0. The molecular weight excluding hydrogens is 220 g/mol. The van der Waals surface area contributed by atoms with E-state index in [1.807, 2.05) is 0 Å². The van der Waals surface area contributed by atoms with Gasteiger partial charge in [0.1, 0.15) is 0 Å². The van der Waals surface area contributed by atoms with Gasteiger partial charge >= 0.3 is 0 Å². The maximum Gasteiger partial charge on any atom is 0.0902 e. The lowest BCUT2D eigenvalue weighted by atomic mass is 10.1. The Hall–Kier alpha value is -0.190. The molecule has 0 aromatic carbocycles. The summed E-state index contributed by atoms with van der Waals surface area (Å²) in [5.74, 6) is 0. The molecule has 2 rings (SSSR count). The highest BCUT2D eigenvalue weighted by molar-refractivity contribution is 7.80. The summed E-state index contributed by atoms with van der Waals surface area (Å²) >= 11 is 5.10. The Bertz CT molecular complexity index is 241. The van der Waals surface area contributed by atoms with Gasteiger partial charge < -0.3 is 10.5 Å². The lowest BCUT2D eigenvalue weighted by Crippen LogP contribution is -2.39. The monoisotopic (exact) mass is 242 g/mol. The number of nitrogens with two attached hydrogens (primary N) is 1. The maximum atomic E-state index is 5.75. The van der Waals surface area contributed by atoms with Crippen LogP contribution in [0.4, 0.5) is 0 Å². The van der Waals surface area contributed by atoms with Gasteiger partial charge in [-0.15, -0.1) is 0 Å². The van der Waals surface area contributed by atoms with E-state index in [0.29, 0.717) is 17.1 Å². The van der Waals surface area contributed by atoms with Crippen molar-refractivity contribution >= 4 is 17.2 Å². The van der Waals surface area contributed by atoms with E-state index in [1.165, 1.54) is 32.1 Å². The fourth-order valence-electron chi connectivity index (χ4n) is 2.81. The predicted molar refractivity (Wildman–Crippen MR) is 69.6 cm³/mol. The van der Waals surface area contributed by atoms with Crippen molar-refractivity contribution in [3.05, 3.63) is 0 Å². The van der Waals surface area contributed by atoms with Crippen LogP contribution in [0.25, 0.3) is 0 Å². The fourth-order valence-corrected chi connectivity index (χ4v) is 3.08. The van der Waals surface area contributed by atoms with Crippen molar-refractivity contribution in [3.8, 4) is 0 Å². The molecule has 2 atom stereocenters. The Labute approximate surface area is 103 Å². The van der Waals surface area contributed by atoms with Gasteiger partial charge in [-0.3, -0.25) is 4.90 Å². The molecule has 0 aromatic heterocycles. The highest BCUT2D eigenvalue weighted by atomic mass is 32.1. The van der Waals surface area contributed by atoms with Crippen LogP contribution in [-0.4, -0.2) is 41.7 Å². The van der Waals surface area contributed by atoms with Crippen molar-refractivity contribution in [2.24, 2.45) is 5.73 Å². The molecule has 2 fully saturated rings. The van der Waals surface area contributed by atoms with E-state index >= 15 is 0 Å². The number of ether oxygens (including phenoxy) is 1. The second-order valence-electron chi connectivity index (χ2n) is 4.87. The summed E-state index contributed by atoms with van der Waals surface area (Å²) in [4.78, 5) is 3.12. The van der Waals surface area contributed by atoms with Gasteiger partial charge in [0.05, 0.1) is 17.1 Å². The molecule has 3 nitrogen and oxygen atoms in total. The molecule has 2 heterocycles. The first kappa shape index (κ1) is 12.3. The Kier molecular flexibility index (Phi) is 4.55. The topological polar surface area (TPSA) is 38.5 Å². The van der Waals surface area contributed by atoms with Gasteiger partial charge in [-0.05, 0) is 51.6 Å². The van der Waals surface area contributed by atoms with Gasteiger partial charge in [-0.1, -0.05) is 12.2 Å². The molecule has 0 aliphatic carbocycles. The van der Waals surface area contributed by atoms with Crippen LogP contribution in [0.1, 0.15) is 38.5 Å². The van der Waals surface area contributed by atoms with Crippen LogP contribution >= 0.6 is 12.2 Å². The quantitative estimate of drug-likeness (QED) is 0.745. The van der Waals surface area contributed by atoms with Crippen LogP contribution in [0.3, 0.4) is 0 Å². The van der Waals surface area contributed by atoms with Crippen LogP contribution in [0.15, 0.2) is 0 Å². The number of nitrogens with zero attached hydrogens (tertiary/aromatic N) is 1. The lowest BCUT2D eigenvalue weighted by molar-refractivity contribution is 0.0991. The molecule has 0 radical (unpaired) electrons. The predicted octanol–water partition coefficient (Wildman–Crippen LogP) is 1.70. The Morgan fingerprint density at radius 1 is 1.38 bits per heavy atom. The Balaban J connectivity index is 1.66. The first-order chi connectivity index (χ1) is 7.77. The van der Waals surface area contributed by atoms with Crippen molar-refractivity contribution in [3.63, 3.8) is 0 Å². The summed E-state index contributed by atoms with van der Waals surface area (Å²) in [6, 6.07) is 0.361. The molecule has 92 valence electrons. The van der Waals surface area contributed by atoms with Crippen molar-refractivity contribution in [2.75, 3.05) is 19.7 Å². The van der Waals surface area contributed by atoms with Crippen LogP contribution in [0.5, 0.6) is 0 Å². The number of rotatable bonds is 5. The van der Waals surface area contributed by atoms with Crippen molar-refractivity contribution in [2.45, 2.75) is 50.7 Å². The van der Waals surface area contributed by atoms with Gasteiger partial charge in [0, 0.05) is 6.61 Å². The lowest BCUT2D eigenvalue weighted by Gasteiger charge is -2.23. The maximum absolute atomic E-state index is 5.75. The minimum atomic E-state index is 0.361. The molecule has 2 saturated heterocycles. The third-order valence-electron chi connectivity index (χ3n) is 3.69. The van der Waals surface area contributed by atoms with Gasteiger partial charge in [0.15, 0.2) is 0 Å². The molecule has 16 heavy (non-hydrogen) atoms. The van der Waals surface area contributed by atoms with Gasteiger partial charge in [0.25, 0.3) is 0 Å². The van der Waals surface area contributed by atoms with Crippen molar-refractivity contribution in [1.29, 1.82) is 0 Å². The largest absolute Gasteiger partial charge is 0.392 e. The van der Waals surface area contributed by atoms with E-state index < -0.39 is 0 Å². The summed E-state index contributed by atoms with van der Waals surface area (Å²) in [6.07, 6.45) is 7.80. The van der Waals surface area contributed by atoms with E-state index in [9.17, 15) is 0 Å². The van der Waals surface area contributed by atoms with E-state index in [2.05, 4.69) is 4.90 Å². The Morgan fingerprint density at radius 2 is 2.25 bits per heavy atom. The van der Waals surface area contributed by atoms with Crippen LogP contribution in [0.2, 0.25) is 0 Å². The highest BCUT2D eigenvalue weighted by Gasteiger charge is 2.26. The zero-order valence-electron chi connectivity index (χ0n) is 9.86. The molecule has 2 N–H and O–H groups in total. The third-order valence-corrected chi connectivity index (χ3v) is 3.96. The average molecular weight is 242 g/mol. The summed E-state index contributed by atoms with van der Waals surface area (Å²) in [5, 5.41) is 0. The van der Waals surface area contributed by atoms with E-state index in [-0.39, 0.29) is 0 Å². The first-order valence-corrected chi connectivity index (χ1v) is 6.83. The minimum absolute atomic E-state index is 0.361. The van der Waals surface area contributed by atoms with Crippen LogP contribution in [-0.2, 0) is 4.74 Å². The molecule has 0 bridgehead atoms. The first-order valence-electron chi connectivity index (χ1n) is 6.42. The normalized spacial score (nSPS) is 31.0. The van der Waals surface area contributed by atoms with E-state index in [4.69, 9.17) is 22.7 Å². The van der Waals surface area contributed by atoms with Gasteiger partial charge in [0.2, 0.25) is 0 Å². The molecular formula is C12H22N2OS. The Morgan fingerprint density at radius 3 is 2.94 bits per heavy atom. The summed E-state index contributed by atoms with van der Waals surface area (Å²) < 4.78 is 5.62. The molecule has 2 unspecified atom stereocenters. The summed E-state index contributed by atoms with van der Waals surface area (Å²) in [6.45, 7) is 3.25. The molecule has 0 aromatic rings. The van der Waals surface area contributed by atoms with Crippen molar-refractivity contribution < 1.29 is 4.74 Å². The molecule has 0 saturated carbocycles. The van der Waals surface area contributed by atoms with Crippen LogP contribution in [0, 0.1) is 0 Å². The average Bonchev–Trinajstić information content (AvgIpc) is 2.87. The smallest absolute Gasteiger partial charge is 0.0902 e. The SMILES string of the molecule is NC(=S)C1CCCN1CCCC1CCCO1. The molecule has 2 aliphatic heterocycles. The van der Waals surface area contributed by atoms with Gasteiger partial charge in [-0.2, -0.15) is 0 Å². The minimum Gasteiger partial charge on any atom is -0.392 e. The van der Waals surface area contributed by atoms with Gasteiger partial charge in [-0.25, -0.2) is 0 Å². The van der Waals surface area contributed by atoms with E-state index in [0.717, 1.165) is 26.1 Å². The fraction of sp³-hybridized carbons (Fsp3) is 0.917. The molecule has 2 aliphatic rings. The summed E-state index contributed by atoms with van der Waals surface area (Å²) in [5.41, 5.74) is 5.75.